The lowest BCUT2D eigenvalue weighted by Gasteiger charge is -2.00. The molecule has 0 radical (unpaired) electrons. The largest absolute Gasteiger partial charge is 0.326 e. The summed E-state index contributed by atoms with van der Waals surface area (Å²) in [7, 11) is 0. The second kappa shape index (κ2) is 4.28. The molecule has 17 heavy (non-hydrogen) atoms. The van der Waals surface area contributed by atoms with Crippen LogP contribution in [0.5, 0.6) is 0 Å². The first-order chi connectivity index (χ1) is 8.36. The molecular weight excluding hydrogens is 228 g/mol. The molecule has 3 aromatic rings. The van der Waals surface area contributed by atoms with Crippen molar-refractivity contribution >= 4 is 22.2 Å². The Kier molecular flexibility index (Phi) is 2.63. The van der Waals surface area contributed by atoms with Crippen LogP contribution in [0.3, 0.4) is 0 Å². The Bertz CT molecular complexity index is 658. The second-order valence-corrected chi connectivity index (χ2v) is 4.91. The maximum Gasteiger partial charge on any atom is 0.0708 e. The lowest BCUT2D eigenvalue weighted by Crippen LogP contribution is -1.91. The number of benzene rings is 1. The van der Waals surface area contributed by atoms with Crippen LogP contribution in [0.4, 0.5) is 0 Å². The van der Waals surface area contributed by atoms with Gasteiger partial charge in [-0.2, -0.15) is 0 Å². The Morgan fingerprint density at radius 3 is 2.88 bits per heavy atom. The van der Waals surface area contributed by atoms with Crippen LogP contribution in [0.2, 0.25) is 0 Å². The van der Waals surface area contributed by atoms with Gasteiger partial charge in [0.2, 0.25) is 0 Å². The number of nitrogens with zero attached hydrogens (tertiary/aromatic N) is 1. The highest BCUT2D eigenvalue weighted by atomic mass is 32.1. The Morgan fingerprint density at radius 1 is 1.12 bits per heavy atom. The molecule has 0 saturated heterocycles. The molecule has 3 rings (SSSR count). The number of hydrogen-bond donors (Lipinski definition) is 1. The van der Waals surface area contributed by atoms with Crippen LogP contribution in [-0.2, 0) is 6.54 Å². The highest BCUT2D eigenvalue weighted by Gasteiger charge is 2.03. The summed E-state index contributed by atoms with van der Waals surface area (Å²) in [5.74, 6) is 0. The van der Waals surface area contributed by atoms with Gasteiger partial charge in [0, 0.05) is 23.0 Å². The van der Waals surface area contributed by atoms with Crippen LogP contribution in [0.1, 0.15) is 4.88 Å². The molecule has 1 aromatic carbocycles. The van der Waals surface area contributed by atoms with E-state index in [1.54, 1.807) is 11.3 Å². The van der Waals surface area contributed by atoms with Crippen molar-refractivity contribution in [1.29, 1.82) is 0 Å². The molecule has 0 aliphatic rings. The van der Waals surface area contributed by atoms with Crippen molar-refractivity contribution < 1.29 is 0 Å². The third kappa shape index (κ3) is 1.95. The lowest BCUT2D eigenvalue weighted by molar-refractivity contribution is 1.11. The van der Waals surface area contributed by atoms with Gasteiger partial charge in [-0.25, -0.2) is 0 Å². The molecule has 0 aliphatic carbocycles. The topological polar surface area (TPSA) is 38.9 Å². The second-order valence-electron chi connectivity index (χ2n) is 3.92. The van der Waals surface area contributed by atoms with Crippen LogP contribution in [0.15, 0.2) is 48.0 Å². The summed E-state index contributed by atoms with van der Waals surface area (Å²) in [5, 5.41) is 3.32. The molecule has 84 valence electrons. The van der Waals surface area contributed by atoms with E-state index in [9.17, 15) is 0 Å². The molecule has 0 unspecified atom stereocenters. The molecule has 0 amide bonds. The minimum atomic E-state index is 0.608. The van der Waals surface area contributed by atoms with Gasteiger partial charge < -0.3 is 5.73 Å². The molecule has 0 fully saturated rings. The van der Waals surface area contributed by atoms with Crippen molar-refractivity contribution in [3.63, 3.8) is 0 Å². The van der Waals surface area contributed by atoms with Gasteiger partial charge in [0.1, 0.15) is 0 Å². The molecule has 2 aromatic heterocycles. The number of thiophene rings is 1. The predicted octanol–water partition coefficient (Wildman–Crippen LogP) is 3.42. The first kappa shape index (κ1) is 10.4. The van der Waals surface area contributed by atoms with E-state index >= 15 is 0 Å². The molecule has 2 heterocycles. The first-order valence-corrected chi connectivity index (χ1v) is 6.37. The minimum Gasteiger partial charge on any atom is -0.326 e. The molecular formula is C14H12N2S. The molecule has 2 N–H and O–H groups in total. The van der Waals surface area contributed by atoms with Crippen molar-refractivity contribution in [3.8, 4) is 11.1 Å². The third-order valence-electron chi connectivity index (χ3n) is 2.79. The van der Waals surface area contributed by atoms with Crippen molar-refractivity contribution in [2.75, 3.05) is 0 Å². The van der Waals surface area contributed by atoms with Crippen LogP contribution in [-0.4, -0.2) is 4.98 Å². The van der Waals surface area contributed by atoms with Crippen molar-refractivity contribution in [1.82, 2.24) is 4.98 Å². The van der Waals surface area contributed by atoms with Crippen LogP contribution < -0.4 is 5.73 Å². The van der Waals surface area contributed by atoms with E-state index in [4.69, 9.17) is 5.73 Å². The van der Waals surface area contributed by atoms with Gasteiger partial charge in [0.15, 0.2) is 0 Å². The standard InChI is InChI=1S/C14H12N2S/c15-8-13-6-12(9-17-13)11-4-3-10-2-1-5-16-14(10)7-11/h1-7,9H,8,15H2. The molecule has 2 nitrogen and oxygen atoms in total. The Labute approximate surface area is 104 Å². The lowest BCUT2D eigenvalue weighted by atomic mass is 10.1. The van der Waals surface area contributed by atoms with E-state index < -0.39 is 0 Å². The van der Waals surface area contributed by atoms with E-state index in [1.807, 2.05) is 12.3 Å². The monoisotopic (exact) mass is 240 g/mol. The van der Waals surface area contributed by atoms with E-state index in [0.717, 1.165) is 5.52 Å². The zero-order valence-corrected chi connectivity index (χ0v) is 10.1. The number of rotatable bonds is 2. The van der Waals surface area contributed by atoms with Gasteiger partial charge in [0.25, 0.3) is 0 Å². The number of aromatic nitrogens is 1. The van der Waals surface area contributed by atoms with Gasteiger partial charge in [0.05, 0.1) is 5.52 Å². The van der Waals surface area contributed by atoms with Crippen molar-refractivity contribution in [2.45, 2.75) is 6.54 Å². The Balaban J connectivity index is 2.11. The SMILES string of the molecule is NCc1cc(-c2ccc3cccnc3c2)cs1. The number of hydrogen-bond acceptors (Lipinski definition) is 3. The zero-order valence-electron chi connectivity index (χ0n) is 9.26. The fourth-order valence-electron chi connectivity index (χ4n) is 1.89. The third-order valence-corrected chi connectivity index (χ3v) is 3.75. The van der Waals surface area contributed by atoms with E-state index in [-0.39, 0.29) is 0 Å². The van der Waals surface area contributed by atoms with Crippen LogP contribution in [0, 0.1) is 0 Å². The summed E-state index contributed by atoms with van der Waals surface area (Å²) < 4.78 is 0. The quantitative estimate of drug-likeness (QED) is 0.745. The van der Waals surface area contributed by atoms with Gasteiger partial charge in [-0.1, -0.05) is 18.2 Å². The van der Waals surface area contributed by atoms with Crippen molar-refractivity contribution in [2.24, 2.45) is 5.73 Å². The summed E-state index contributed by atoms with van der Waals surface area (Å²) in [4.78, 5) is 5.58. The molecule has 0 spiro atoms. The summed E-state index contributed by atoms with van der Waals surface area (Å²) in [5.41, 5.74) is 9.09. The molecule has 0 bridgehead atoms. The molecule has 0 atom stereocenters. The highest BCUT2D eigenvalue weighted by molar-refractivity contribution is 7.10. The van der Waals surface area contributed by atoms with Gasteiger partial charge in [-0.05, 0) is 34.7 Å². The molecule has 0 aliphatic heterocycles. The maximum absolute atomic E-state index is 5.63. The average Bonchev–Trinajstić information content (AvgIpc) is 2.87. The normalized spacial score (nSPS) is 10.9. The Morgan fingerprint density at radius 2 is 2.06 bits per heavy atom. The average molecular weight is 240 g/mol. The van der Waals surface area contributed by atoms with Crippen molar-refractivity contribution in [3.05, 3.63) is 52.9 Å². The summed E-state index contributed by atoms with van der Waals surface area (Å²) >= 11 is 1.70. The number of fused-ring (bicyclic) bond motifs is 1. The predicted molar refractivity (Wildman–Crippen MR) is 72.9 cm³/mol. The highest BCUT2D eigenvalue weighted by Crippen LogP contribution is 2.27. The van der Waals surface area contributed by atoms with Gasteiger partial charge in [-0.15, -0.1) is 11.3 Å². The molecule has 0 saturated carbocycles. The van der Waals surface area contributed by atoms with E-state index in [2.05, 4.69) is 40.7 Å². The summed E-state index contributed by atoms with van der Waals surface area (Å²) in [6.45, 7) is 0.608. The van der Waals surface area contributed by atoms with Gasteiger partial charge in [-0.3, -0.25) is 4.98 Å². The Hall–Kier alpha value is -1.71. The van der Waals surface area contributed by atoms with E-state index in [0.29, 0.717) is 6.54 Å². The molecule has 3 heteroatoms. The number of nitrogens with two attached hydrogens (primary N) is 1. The fourth-order valence-corrected chi connectivity index (χ4v) is 2.66. The first-order valence-electron chi connectivity index (χ1n) is 5.49. The van der Waals surface area contributed by atoms with Crippen LogP contribution in [0.25, 0.3) is 22.0 Å². The van der Waals surface area contributed by atoms with Crippen LogP contribution >= 0.6 is 11.3 Å². The van der Waals surface area contributed by atoms with Gasteiger partial charge >= 0.3 is 0 Å². The van der Waals surface area contributed by atoms with E-state index in [1.165, 1.54) is 21.4 Å². The minimum absolute atomic E-state index is 0.608. The smallest absolute Gasteiger partial charge is 0.0708 e. The summed E-state index contributed by atoms with van der Waals surface area (Å²) in [6.07, 6.45) is 1.82. The number of pyridine rings is 1. The maximum atomic E-state index is 5.63. The fraction of sp³-hybridized carbons (Fsp3) is 0.0714. The summed E-state index contributed by atoms with van der Waals surface area (Å²) in [6, 6.07) is 12.5. The zero-order chi connectivity index (χ0) is 11.7.